The molecule has 2 aromatic rings. The number of amides is 1. The third kappa shape index (κ3) is 2.93. The molecule has 3 N–H and O–H groups in total. The van der Waals surface area contributed by atoms with Crippen molar-refractivity contribution in [2.45, 2.75) is 6.92 Å². The van der Waals surface area contributed by atoms with E-state index in [0.717, 1.165) is 12.1 Å². The zero-order chi connectivity index (χ0) is 14.9. The minimum absolute atomic E-state index is 0.00121. The maximum absolute atomic E-state index is 13.6. The highest BCUT2D eigenvalue weighted by molar-refractivity contribution is 9.10. The van der Waals surface area contributed by atoms with Crippen LogP contribution in [0.2, 0.25) is 0 Å². The van der Waals surface area contributed by atoms with Gasteiger partial charge in [0, 0.05) is 16.7 Å². The van der Waals surface area contributed by atoms with Crippen LogP contribution in [0.4, 0.5) is 20.3 Å². The van der Waals surface area contributed by atoms with Gasteiger partial charge in [-0.15, -0.1) is 0 Å². The van der Waals surface area contributed by atoms with Gasteiger partial charge in [0.15, 0.2) is 0 Å². The summed E-state index contributed by atoms with van der Waals surface area (Å²) in [7, 11) is 0. The van der Waals surface area contributed by atoms with E-state index in [1.54, 1.807) is 0 Å². The summed E-state index contributed by atoms with van der Waals surface area (Å²) in [5.74, 6) is -2.00. The Bertz CT molecular complexity index is 692. The first-order chi connectivity index (χ1) is 9.38. The zero-order valence-corrected chi connectivity index (χ0v) is 12.0. The van der Waals surface area contributed by atoms with E-state index in [1.807, 2.05) is 0 Å². The largest absolute Gasteiger partial charge is 0.383 e. The minimum Gasteiger partial charge on any atom is -0.383 e. The predicted octanol–water partition coefficient (Wildman–Crippen LogP) is 3.27. The number of carbonyl (C=O) groups excluding carboxylic acids is 1. The average molecular weight is 342 g/mol. The fourth-order valence-electron chi connectivity index (χ4n) is 1.56. The number of carbonyl (C=O) groups is 1. The van der Waals surface area contributed by atoms with Crippen molar-refractivity contribution in [2.24, 2.45) is 0 Å². The number of hydrogen-bond donors (Lipinski definition) is 2. The monoisotopic (exact) mass is 341 g/mol. The smallest absolute Gasteiger partial charge is 0.259 e. The molecule has 0 saturated heterocycles. The molecule has 0 aliphatic carbocycles. The first-order valence-electron chi connectivity index (χ1n) is 5.56. The molecule has 0 unspecified atom stereocenters. The van der Waals surface area contributed by atoms with E-state index in [-0.39, 0.29) is 22.6 Å². The van der Waals surface area contributed by atoms with Crippen molar-refractivity contribution in [1.29, 1.82) is 0 Å². The Morgan fingerprint density at radius 3 is 2.70 bits per heavy atom. The van der Waals surface area contributed by atoms with E-state index in [9.17, 15) is 13.6 Å². The lowest BCUT2D eigenvalue weighted by Crippen LogP contribution is -2.16. The Balaban J connectivity index is 2.32. The SMILES string of the molecule is Cc1cc(F)c(NC(=O)c2cc(Br)cnc2N)cc1F. The van der Waals surface area contributed by atoms with Crippen molar-refractivity contribution < 1.29 is 13.6 Å². The quantitative estimate of drug-likeness (QED) is 0.880. The molecule has 0 atom stereocenters. The number of aryl methyl sites for hydroxylation is 1. The van der Waals surface area contributed by atoms with Crippen molar-refractivity contribution in [3.8, 4) is 0 Å². The predicted molar refractivity (Wildman–Crippen MR) is 75.4 cm³/mol. The summed E-state index contributed by atoms with van der Waals surface area (Å²) in [5, 5.41) is 2.27. The molecule has 104 valence electrons. The number of nitrogen functional groups attached to an aromatic ring is 1. The lowest BCUT2D eigenvalue weighted by Gasteiger charge is -2.09. The third-order valence-corrected chi connectivity index (χ3v) is 3.06. The number of pyridine rings is 1. The van der Waals surface area contributed by atoms with Crippen LogP contribution < -0.4 is 11.1 Å². The molecular formula is C13H10BrF2N3O. The van der Waals surface area contributed by atoms with Crippen molar-refractivity contribution in [1.82, 2.24) is 4.98 Å². The van der Waals surface area contributed by atoms with Gasteiger partial charge in [-0.05, 0) is 40.5 Å². The summed E-state index contributed by atoms with van der Waals surface area (Å²) in [6, 6.07) is 3.37. The fourth-order valence-corrected chi connectivity index (χ4v) is 1.89. The molecule has 0 saturated carbocycles. The van der Waals surface area contributed by atoms with Crippen LogP contribution in [0.25, 0.3) is 0 Å². The Kier molecular flexibility index (Phi) is 3.99. The summed E-state index contributed by atoms with van der Waals surface area (Å²) in [6.45, 7) is 1.43. The van der Waals surface area contributed by atoms with Gasteiger partial charge in [-0.1, -0.05) is 0 Å². The Hall–Kier alpha value is -2.02. The van der Waals surface area contributed by atoms with Crippen LogP contribution >= 0.6 is 15.9 Å². The van der Waals surface area contributed by atoms with Gasteiger partial charge in [0.2, 0.25) is 0 Å². The standard InChI is InChI=1S/C13H10BrF2N3O/c1-6-2-10(16)11(4-9(6)15)19-13(20)8-3-7(14)5-18-12(8)17/h2-5H,1H3,(H2,17,18)(H,19,20). The molecule has 0 aliphatic rings. The van der Waals surface area contributed by atoms with Gasteiger partial charge >= 0.3 is 0 Å². The first-order valence-corrected chi connectivity index (χ1v) is 6.36. The molecule has 1 aromatic carbocycles. The average Bonchev–Trinajstić information content (AvgIpc) is 2.38. The lowest BCUT2D eigenvalue weighted by atomic mass is 10.2. The van der Waals surface area contributed by atoms with Crippen molar-refractivity contribution in [3.63, 3.8) is 0 Å². The van der Waals surface area contributed by atoms with Gasteiger partial charge in [0.25, 0.3) is 5.91 Å². The second kappa shape index (κ2) is 5.54. The molecule has 0 radical (unpaired) electrons. The number of nitrogens with zero attached hydrogens (tertiary/aromatic N) is 1. The number of aromatic nitrogens is 1. The molecule has 1 aromatic heterocycles. The Morgan fingerprint density at radius 1 is 1.30 bits per heavy atom. The second-order valence-electron chi connectivity index (χ2n) is 4.12. The minimum atomic E-state index is -0.723. The van der Waals surface area contributed by atoms with Crippen LogP contribution in [-0.4, -0.2) is 10.9 Å². The zero-order valence-electron chi connectivity index (χ0n) is 10.4. The lowest BCUT2D eigenvalue weighted by molar-refractivity contribution is 0.102. The third-order valence-electron chi connectivity index (χ3n) is 2.63. The van der Waals surface area contributed by atoms with E-state index in [4.69, 9.17) is 5.73 Å². The maximum atomic E-state index is 13.6. The highest BCUT2D eigenvalue weighted by Crippen LogP contribution is 2.21. The molecule has 1 amide bonds. The van der Waals surface area contributed by atoms with E-state index in [1.165, 1.54) is 19.2 Å². The van der Waals surface area contributed by atoms with Gasteiger partial charge < -0.3 is 11.1 Å². The molecule has 0 fully saturated rings. The van der Waals surface area contributed by atoms with E-state index in [2.05, 4.69) is 26.2 Å². The van der Waals surface area contributed by atoms with Gasteiger partial charge in [-0.2, -0.15) is 0 Å². The van der Waals surface area contributed by atoms with Gasteiger partial charge in [-0.25, -0.2) is 13.8 Å². The molecular weight excluding hydrogens is 332 g/mol. The number of rotatable bonds is 2. The van der Waals surface area contributed by atoms with Gasteiger partial charge in [-0.3, -0.25) is 4.79 Å². The molecule has 0 spiro atoms. The van der Waals surface area contributed by atoms with Crippen LogP contribution in [0.5, 0.6) is 0 Å². The molecule has 0 aliphatic heterocycles. The molecule has 4 nitrogen and oxygen atoms in total. The number of nitrogens with one attached hydrogen (secondary N) is 1. The number of benzene rings is 1. The fraction of sp³-hybridized carbons (Fsp3) is 0.0769. The number of halogens is 3. The molecule has 2 rings (SSSR count). The maximum Gasteiger partial charge on any atom is 0.259 e. The summed E-state index contributed by atoms with van der Waals surface area (Å²) in [6.07, 6.45) is 1.43. The summed E-state index contributed by atoms with van der Waals surface area (Å²) >= 11 is 3.15. The molecule has 0 bridgehead atoms. The van der Waals surface area contributed by atoms with Crippen molar-refractivity contribution >= 4 is 33.3 Å². The summed E-state index contributed by atoms with van der Waals surface area (Å²) in [5.41, 5.74) is 5.55. The van der Waals surface area contributed by atoms with E-state index < -0.39 is 17.5 Å². The normalized spacial score (nSPS) is 10.4. The summed E-state index contributed by atoms with van der Waals surface area (Å²) in [4.78, 5) is 15.8. The van der Waals surface area contributed by atoms with Gasteiger partial charge in [0.1, 0.15) is 17.5 Å². The van der Waals surface area contributed by atoms with Crippen molar-refractivity contribution in [3.05, 3.63) is 51.6 Å². The van der Waals surface area contributed by atoms with Crippen LogP contribution in [0.1, 0.15) is 15.9 Å². The molecule has 7 heteroatoms. The van der Waals surface area contributed by atoms with Crippen LogP contribution in [0.3, 0.4) is 0 Å². The van der Waals surface area contributed by atoms with E-state index in [0.29, 0.717) is 4.47 Å². The van der Waals surface area contributed by atoms with Crippen LogP contribution in [-0.2, 0) is 0 Å². The number of anilines is 2. The van der Waals surface area contributed by atoms with Gasteiger partial charge in [0.05, 0.1) is 11.3 Å². The van der Waals surface area contributed by atoms with E-state index >= 15 is 0 Å². The Labute approximate surface area is 122 Å². The summed E-state index contributed by atoms with van der Waals surface area (Å²) < 4.78 is 27.6. The van der Waals surface area contributed by atoms with Crippen molar-refractivity contribution in [2.75, 3.05) is 11.1 Å². The molecule has 1 heterocycles. The highest BCUT2D eigenvalue weighted by atomic mass is 79.9. The van der Waals surface area contributed by atoms with Crippen LogP contribution in [0, 0.1) is 18.6 Å². The highest BCUT2D eigenvalue weighted by Gasteiger charge is 2.15. The number of hydrogen-bond acceptors (Lipinski definition) is 3. The van der Waals surface area contributed by atoms with Crippen LogP contribution in [0.15, 0.2) is 28.9 Å². The molecule has 20 heavy (non-hydrogen) atoms. The topological polar surface area (TPSA) is 68.0 Å². The first kappa shape index (κ1) is 14.4. The Morgan fingerprint density at radius 2 is 2.00 bits per heavy atom. The second-order valence-corrected chi connectivity index (χ2v) is 5.04. The number of nitrogens with two attached hydrogens (primary N) is 1.